The fourth-order valence-electron chi connectivity index (χ4n) is 2.47. The van der Waals surface area contributed by atoms with Gasteiger partial charge < -0.3 is 9.15 Å². The fraction of sp³-hybridized carbons (Fsp3) is 0.238. The van der Waals surface area contributed by atoms with Crippen molar-refractivity contribution < 1.29 is 18.7 Å². The molecule has 0 aliphatic carbocycles. The second-order valence-corrected chi connectivity index (χ2v) is 6.42. The molecule has 2 aromatic carbocycles. The van der Waals surface area contributed by atoms with E-state index in [0.29, 0.717) is 30.4 Å². The summed E-state index contributed by atoms with van der Waals surface area (Å²) in [6.07, 6.45) is 1.19. The maximum atomic E-state index is 11.8. The first-order valence-corrected chi connectivity index (χ1v) is 9.25. The third-order valence-corrected chi connectivity index (χ3v) is 4.01. The Morgan fingerprint density at radius 3 is 2.45 bits per heavy atom. The first-order chi connectivity index (χ1) is 14.1. The Balaban J connectivity index is 1.32. The van der Waals surface area contributed by atoms with Crippen molar-refractivity contribution in [3.05, 3.63) is 66.1 Å². The van der Waals surface area contributed by atoms with Crippen molar-refractivity contribution in [3.8, 4) is 17.2 Å². The van der Waals surface area contributed by atoms with Gasteiger partial charge in [0.25, 0.3) is 5.91 Å². The average molecular weight is 394 g/mol. The third kappa shape index (κ3) is 6.46. The number of nitrogens with zero attached hydrogens (tertiary/aromatic N) is 2. The molecule has 8 heteroatoms. The van der Waals surface area contributed by atoms with Gasteiger partial charge in [-0.05, 0) is 37.6 Å². The Kier molecular flexibility index (Phi) is 6.94. The topological polar surface area (TPSA) is 106 Å². The van der Waals surface area contributed by atoms with Crippen molar-refractivity contribution in [3.63, 3.8) is 0 Å². The first-order valence-electron chi connectivity index (χ1n) is 9.25. The van der Waals surface area contributed by atoms with Gasteiger partial charge in [-0.3, -0.25) is 20.4 Å². The highest BCUT2D eigenvalue weighted by molar-refractivity contribution is 5.82. The monoisotopic (exact) mass is 394 g/mol. The number of carbonyl (C=O) groups is 2. The smallest absolute Gasteiger partial charge is 0.276 e. The van der Waals surface area contributed by atoms with Gasteiger partial charge in [-0.1, -0.05) is 35.9 Å². The second-order valence-electron chi connectivity index (χ2n) is 6.42. The maximum Gasteiger partial charge on any atom is 0.276 e. The molecule has 0 aliphatic heterocycles. The Bertz CT molecular complexity index is 939. The summed E-state index contributed by atoms with van der Waals surface area (Å²) in [6, 6.07) is 16.8. The maximum absolute atomic E-state index is 11.8. The van der Waals surface area contributed by atoms with Crippen molar-refractivity contribution >= 4 is 11.8 Å². The van der Waals surface area contributed by atoms with Crippen molar-refractivity contribution in [2.45, 2.75) is 26.2 Å². The van der Waals surface area contributed by atoms with Gasteiger partial charge in [0.2, 0.25) is 17.7 Å². The van der Waals surface area contributed by atoms with Crippen molar-refractivity contribution in [1.82, 2.24) is 21.0 Å². The molecule has 150 valence electrons. The molecule has 0 saturated heterocycles. The van der Waals surface area contributed by atoms with Gasteiger partial charge in [0.1, 0.15) is 5.75 Å². The molecule has 0 spiro atoms. The molecule has 0 fully saturated rings. The van der Waals surface area contributed by atoms with E-state index in [-0.39, 0.29) is 18.9 Å². The van der Waals surface area contributed by atoms with Crippen LogP contribution >= 0.6 is 0 Å². The Morgan fingerprint density at radius 2 is 1.69 bits per heavy atom. The predicted octanol–water partition coefficient (Wildman–Crippen LogP) is 2.59. The van der Waals surface area contributed by atoms with Crippen LogP contribution in [-0.2, 0) is 16.0 Å². The van der Waals surface area contributed by atoms with Crippen LogP contribution < -0.4 is 15.6 Å². The summed E-state index contributed by atoms with van der Waals surface area (Å²) in [5, 5.41) is 7.99. The summed E-state index contributed by atoms with van der Waals surface area (Å²) in [6.45, 7) is 1.78. The molecule has 1 heterocycles. The van der Waals surface area contributed by atoms with Crippen LogP contribution in [0, 0.1) is 6.92 Å². The fourth-order valence-corrected chi connectivity index (χ4v) is 2.47. The predicted molar refractivity (Wildman–Crippen MR) is 106 cm³/mol. The van der Waals surface area contributed by atoms with E-state index >= 15 is 0 Å². The summed E-state index contributed by atoms with van der Waals surface area (Å²) >= 11 is 0. The number of rotatable bonds is 8. The zero-order valence-electron chi connectivity index (χ0n) is 16.1. The normalized spacial score (nSPS) is 10.4. The molecule has 0 aliphatic rings. The number of carbonyl (C=O) groups excluding carboxylic acids is 2. The summed E-state index contributed by atoms with van der Waals surface area (Å²) in [7, 11) is 0. The SMILES string of the molecule is Cc1ccc(OCC(=O)NNC(=O)CCCc2nnc(-c3ccccc3)o2)cc1. The number of aromatic nitrogens is 2. The number of nitrogens with one attached hydrogen (secondary N) is 2. The summed E-state index contributed by atoms with van der Waals surface area (Å²) in [5.41, 5.74) is 6.63. The van der Waals surface area contributed by atoms with Gasteiger partial charge in [-0.25, -0.2) is 0 Å². The highest BCUT2D eigenvalue weighted by atomic mass is 16.5. The molecule has 29 heavy (non-hydrogen) atoms. The number of benzene rings is 2. The zero-order chi connectivity index (χ0) is 20.5. The van der Waals surface area contributed by atoms with Crippen LogP contribution in [0.5, 0.6) is 5.75 Å². The molecule has 0 bridgehead atoms. The molecule has 8 nitrogen and oxygen atoms in total. The molecule has 3 rings (SSSR count). The minimum atomic E-state index is -0.441. The lowest BCUT2D eigenvalue weighted by atomic mass is 10.2. The standard InChI is InChI=1S/C21H22N4O4/c1-15-10-12-17(13-11-15)28-14-19(27)23-22-18(26)8-5-9-20-24-25-21(29-20)16-6-3-2-4-7-16/h2-4,6-7,10-13H,5,8-9,14H2,1H3,(H,22,26)(H,23,27). The van der Waals surface area contributed by atoms with E-state index in [1.807, 2.05) is 49.4 Å². The molecule has 1 aromatic heterocycles. The number of ether oxygens (including phenoxy) is 1. The number of hydrogen-bond acceptors (Lipinski definition) is 6. The molecule has 0 saturated carbocycles. The number of hydrogen-bond donors (Lipinski definition) is 2. The summed E-state index contributed by atoms with van der Waals surface area (Å²) in [4.78, 5) is 23.6. The Morgan fingerprint density at radius 1 is 0.966 bits per heavy atom. The Labute approximate surface area is 168 Å². The van der Waals surface area contributed by atoms with E-state index in [1.54, 1.807) is 12.1 Å². The number of aryl methyl sites for hydroxylation is 2. The quantitative estimate of drug-likeness (QED) is 0.569. The van der Waals surface area contributed by atoms with Crippen LogP contribution in [0.15, 0.2) is 59.0 Å². The molecule has 3 aromatic rings. The van der Waals surface area contributed by atoms with Gasteiger partial charge in [-0.15, -0.1) is 10.2 Å². The lowest BCUT2D eigenvalue weighted by molar-refractivity contribution is -0.130. The number of hydrazine groups is 1. The molecule has 2 amide bonds. The summed E-state index contributed by atoms with van der Waals surface area (Å²) < 4.78 is 10.9. The van der Waals surface area contributed by atoms with E-state index in [9.17, 15) is 9.59 Å². The first kappa shape index (κ1) is 20.1. The van der Waals surface area contributed by atoms with Crippen LogP contribution in [0.3, 0.4) is 0 Å². The van der Waals surface area contributed by atoms with Crippen LogP contribution in [0.2, 0.25) is 0 Å². The van der Waals surface area contributed by atoms with E-state index in [2.05, 4.69) is 21.0 Å². The lowest BCUT2D eigenvalue weighted by Gasteiger charge is -2.08. The summed E-state index contributed by atoms with van der Waals surface area (Å²) in [5.74, 6) is 0.754. The van der Waals surface area contributed by atoms with E-state index in [4.69, 9.17) is 9.15 Å². The molecule has 0 radical (unpaired) electrons. The molecule has 0 atom stereocenters. The highest BCUT2D eigenvalue weighted by Gasteiger charge is 2.10. The van der Waals surface area contributed by atoms with Crippen LogP contribution in [-0.4, -0.2) is 28.6 Å². The van der Waals surface area contributed by atoms with E-state index < -0.39 is 5.91 Å². The van der Waals surface area contributed by atoms with Gasteiger partial charge in [0.05, 0.1) is 0 Å². The molecule has 2 N–H and O–H groups in total. The minimum Gasteiger partial charge on any atom is -0.484 e. The van der Waals surface area contributed by atoms with Crippen LogP contribution in [0.25, 0.3) is 11.5 Å². The lowest BCUT2D eigenvalue weighted by Crippen LogP contribution is -2.43. The minimum absolute atomic E-state index is 0.187. The van der Waals surface area contributed by atoms with Gasteiger partial charge in [0.15, 0.2) is 6.61 Å². The van der Waals surface area contributed by atoms with E-state index in [0.717, 1.165) is 11.1 Å². The number of amides is 2. The Hall–Kier alpha value is -3.68. The van der Waals surface area contributed by atoms with Gasteiger partial charge in [0, 0.05) is 18.4 Å². The van der Waals surface area contributed by atoms with E-state index in [1.165, 1.54) is 0 Å². The van der Waals surface area contributed by atoms with Crippen LogP contribution in [0.4, 0.5) is 0 Å². The van der Waals surface area contributed by atoms with Crippen molar-refractivity contribution in [2.75, 3.05) is 6.61 Å². The van der Waals surface area contributed by atoms with Crippen molar-refractivity contribution in [1.29, 1.82) is 0 Å². The second kappa shape index (κ2) is 10.0. The molecular formula is C21H22N4O4. The zero-order valence-corrected chi connectivity index (χ0v) is 16.1. The average Bonchev–Trinajstić information content (AvgIpc) is 3.21. The van der Waals surface area contributed by atoms with Crippen LogP contribution in [0.1, 0.15) is 24.3 Å². The van der Waals surface area contributed by atoms with Gasteiger partial charge in [-0.2, -0.15) is 0 Å². The highest BCUT2D eigenvalue weighted by Crippen LogP contribution is 2.17. The third-order valence-electron chi connectivity index (χ3n) is 4.01. The van der Waals surface area contributed by atoms with Gasteiger partial charge >= 0.3 is 0 Å². The molecule has 0 unspecified atom stereocenters. The molecular weight excluding hydrogens is 372 g/mol. The largest absolute Gasteiger partial charge is 0.484 e. The van der Waals surface area contributed by atoms with Crippen molar-refractivity contribution in [2.24, 2.45) is 0 Å².